The zero-order valence-corrected chi connectivity index (χ0v) is 17.8. The second kappa shape index (κ2) is 9.47. The van der Waals surface area contributed by atoms with Crippen molar-refractivity contribution in [3.63, 3.8) is 0 Å². The Morgan fingerprint density at radius 3 is 2.21 bits per heavy atom. The minimum atomic E-state index is -0.578. The summed E-state index contributed by atoms with van der Waals surface area (Å²) in [6, 6.07) is 4.77. The van der Waals surface area contributed by atoms with Gasteiger partial charge < -0.3 is 19.9 Å². The van der Waals surface area contributed by atoms with Crippen LogP contribution in [0.15, 0.2) is 18.2 Å². The average molecular weight is 430 g/mol. The third-order valence-electron chi connectivity index (χ3n) is 4.09. The molecule has 2 rings (SSSR count). The van der Waals surface area contributed by atoms with Gasteiger partial charge in [0.1, 0.15) is 5.60 Å². The number of hydrogen-bond acceptors (Lipinski definition) is 4. The Bertz CT molecular complexity index is 741. The van der Waals surface area contributed by atoms with E-state index >= 15 is 0 Å². The van der Waals surface area contributed by atoms with Crippen molar-refractivity contribution in [2.45, 2.75) is 32.8 Å². The van der Waals surface area contributed by atoms with Crippen LogP contribution in [0.4, 0.5) is 4.79 Å². The van der Waals surface area contributed by atoms with Crippen molar-refractivity contribution >= 4 is 41.1 Å². The predicted octanol–water partition coefficient (Wildman–Crippen LogP) is 3.19. The molecule has 1 saturated heterocycles. The van der Waals surface area contributed by atoms with Crippen molar-refractivity contribution in [1.29, 1.82) is 0 Å². The first-order valence-corrected chi connectivity index (χ1v) is 9.81. The molecule has 1 aromatic rings. The van der Waals surface area contributed by atoms with Crippen LogP contribution in [0.2, 0.25) is 10.0 Å². The van der Waals surface area contributed by atoms with Gasteiger partial charge in [-0.05, 0) is 39.0 Å². The number of carbonyl (C=O) groups is 3. The molecule has 1 N–H and O–H groups in total. The Morgan fingerprint density at radius 1 is 1.04 bits per heavy atom. The lowest BCUT2D eigenvalue weighted by molar-refractivity contribution is -0.132. The van der Waals surface area contributed by atoms with Gasteiger partial charge in [0.15, 0.2) is 0 Å². The van der Waals surface area contributed by atoms with E-state index in [4.69, 9.17) is 27.9 Å². The molecule has 1 aliphatic heterocycles. The number of nitrogens with zero attached hydrogens (tertiary/aromatic N) is 2. The Balaban J connectivity index is 1.76. The van der Waals surface area contributed by atoms with E-state index in [0.717, 1.165) is 0 Å². The van der Waals surface area contributed by atoms with Gasteiger partial charge in [0, 0.05) is 44.7 Å². The van der Waals surface area contributed by atoms with Crippen molar-refractivity contribution in [2.24, 2.45) is 0 Å². The summed E-state index contributed by atoms with van der Waals surface area (Å²) in [7, 11) is 0. The van der Waals surface area contributed by atoms with Gasteiger partial charge >= 0.3 is 6.09 Å². The number of hydrogen-bond donors (Lipinski definition) is 1. The zero-order valence-electron chi connectivity index (χ0n) is 16.3. The van der Waals surface area contributed by atoms with Crippen molar-refractivity contribution in [3.05, 3.63) is 33.8 Å². The molecule has 0 atom stereocenters. The summed E-state index contributed by atoms with van der Waals surface area (Å²) in [6.07, 6.45) is -0.364. The third kappa shape index (κ3) is 6.56. The molecular weight excluding hydrogens is 405 g/mol. The van der Waals surface area contributed by atoms with Crippen LogP contribution in [0.5, 0.6) is 0 Å². The molecule has 0 aliphatic carbocycles. The van der Waals surface area contributed by atoms with Crippen LogP contribution < -0.4 is 5.32 Å². The minimum Gasteiger partial charge on any atom is -0.444 e. The highest BCUT2D eigenvalue weighted by Crippen LogP contribution is 2.23. The number of alkyl carbamates (subject to hydrolysis) is 1. The highest BCUT2D eigenvalue weighted by atomic mass is 35.5. The molecule has 0 radical (unpaired) electrons. The number of nitrogens with one attached hydrogen (secondary N) is 1. The van der Waals surface area contributed by atoms with Crippen LogP contribution in [0, 0.1) is 0 Å². The lowest BCUT2D eigenvalue weighted by Crippen LogP contribution is -2.51. The normalized spacial score (nSPS) is 14.6. The van der Waals surface area contributed by atoms with E-state index in [0.29, 0.717) is 41.8 Å². The Hall–Kier alpha value is -1.99. The van der Waals surface area contributed by atoms with E-state index in [2.05, 4.69) is 5.32 Å². The number of piperazine rings is 1. The quantitative estimate of drug-likeness (QED) is 0.796. The molecule has 0 spiro atoms. The maximum atomic E-state index is 12.6. The fraction of sp³-hybridized carbons (Fsp3) is 0.526. The maximum absolute atomic E-state index is 12.6. The van der Waals surface area contributed by atoms with Gasteiger partial charge in [-0.1, -0.05) is 23.2 Å². The molecule has 1 fully saturated rings. The van der Waals surface area contributed by atoms with Gasteiger partial charge in [-0.25, -0.2) is 4.79 Å². The Kier molecular flexibility index (Phi) is 7.55. The van der Waals surface area contributed by atoms with Crippen LogP contribution in [-0.4, -0.2) is 66.0 Å². The van der Waals surface area contributed by atoms with Crippen LogP contribution in [0.1, 0.15) is 37.6 Å². The van der Waals surface area contributed by atoms with Crippen LogP contribution in [-0.2, 0) is 9.53 Å². The second-order valence-electron chi connectivity index (χ2n) is 7.48. The summed E-state index contributed by atoms with van der Waals surface area (Å²) in [5.41, 5.74) is -0.110. The fourth-order valence-corrected chi connectivity index (χ4v) is 3.01. The average Bonchev–Trinajstić information content (AvgIpc) is 2.62. The molecule has 0 bridgehead atoms. The topological polar surface area (TPSA) is 79.0 Å². The van der Waals surface area contributed by atoms with E-state index in [1.807, 2.05) is 0 Å². The molecule has 0 saturated carbocycles. The number of amides is 3. The van der Waals surface area contributed by atoms with Gasteiger partial charge in [0.2, 0.25) is 5.91 Å². The number of rotatable bonds is 4. The second-order valence-corrected chi connectivity index (χ2v) is 8.29. The summed E-state index contributed by atoms with van der Waals surface area (Å²) in [4.78, 5) is 39.8. The standard InChI is InChI=1S/C19H25Cl2N3O4/c1-19(2,3)28-18(27)22-7-6-16(25)23-8-10-24(11-9-23)17(26)13-4-5-14(20)15(21)12-13/h4-5,12H,6-11H2,1-3H3,(H,22,27). The largest absolute Gasteiger partial charge is 0.444 e. The lowest BCUT2D eigenvalue weighted by Gasteiger charge is -2.35. The van der Waals surface area contributed by atoms with Gasteiger partial charge in [0.25, 0.3) is 5.91 Å². The summed E-state index contributed by atoms with van der Waals surface area (Å²) in [6.45, 7) is 7.28. The molecule has 0 aromatic heterocycles. The monoisotopic (exact) mass is 429 g/mol. The number of carbonyl (C=O) groups excluding carboxylic acids is 3. The minimum absolute atomic E-state index is 0.0716. The Labute approximate surface area is 174 Å². The first kappa shape index (κ1) is 22.3. The van der Waals surface area contributed by atoms with Crippen molar-refractivity contribution in [3.8, 4) is 0 Å². The third-order valence-corrected chi connectivity index (χ3v) is 4.83. The van der Waals surface area contributed by atoms with E-state index < -0.39 is 11.7 Å². The molecule has 7 nitrogen and oxygen atoms in total. The summed E-state index contributed by atoms with van der Waals surface area (Å²) >= 11 is 11.9. The molecule has 1 aliphatic rings. The van der Waals surface area contributed by atoms with E-state index in [-0.39, 0.29) is 24.8 Å². The van der Waals surface area contributed by atoms with E-state index in [1.165, 1.54) is 0 Å². The summed E-state index contributed by atoms with van der Waals surface area (Å²) < 4.78 is 5.13. The molecule has 0 unspecified atom stereocenters. The van der Waals surface area contributed by atoms with E-state index in [9.17, 15) is 14.4 Å². The van der Waals surface area contributed by atoms with Gasteiger partial charge in [0.05, 0.1) is 10.0 Å². The van der Waals surface area contributed by atoms with Gasteiger partial charge in [-0.2, -0.15) is 0 Å². The number of benzene rings is 1. The molecule has 28 heavy (non-hydrogen) atoms. The number of ether oxygens (including phenoxy) is 1. The lowest BCUT2D eigenvalue weighted by atomic mass is 10.1. The van der Waals surface area contributed by atoms with Gasteiger partial charge in [-0.15, -0.1) is 0 Å². The van der Waals surface area contributed by atoms with E-state index in [1.54, 1.807) is 48.8 Å². The van der Waals surface area contributed by atoms with Crippen molar-refractivity contribution in [1.82, 2.24) is 15.1 Å². The van der Waals surface area contributed by atoms with Crippen LogP contribution >= 0.6 is 23.2 Å². The summed E-state index contributed by atoms with van der Waals surface area (Å²) in [5.74, 6) is -0.213. The smallest absolute Gasteiger partial charge is 0.407 e. The van der Waals surface area contributed by atoms with Crippen molar-refractivity contribution in [2.75, 3.05) is 32.7 Å². The summed E-state index contributed by atoms with van der Waals surface area (Å²) in [5, 5.41) is 3.30. The highest BCUT2D eigenvalue weighted by molar-refractivity contribution is 6.42. The van der Waals surface area contributed by atoms with Crippen molar-refractivity contribution < 1.29 is 19.1 Å². The molecule has 3 amide bonds. The predicted molar refractivity (Wildman–Crippen MR) is 108 cm³/mol. The first-order valence-electron chi connectivity index (χ1n) is 9.06. The van der Waals surface area contributed by atoms with Crippen LogP contribution in [0.25, 0.3) is 0 Å². The van der Waals surface area contributed by atoms with Gasteiger partial charge in [-0.3, -0.25) is 9.59 Å². The zero-order chi connectivity index (χ0) is 20.9. The fourth-order valence-electron chi connectivity index (χ4n) is 2.71. The molecule has 1 heterocycles. The maximum Gasteiger partial charge on any atom is 0.407 e. The molecular formula is C19H25Cl2N3O4. The first-order chi connectivity index (χ1) is 13.1. The molecule has 154 valence electrons. The molecule has 1 aromatic carbocycles. The number of halogens is 2. The SMILES string of the molecule is CC(C)(C)OC(=O)NCCC(=O)N1CCN(C(=O)c2ccc(Cl)c(Cl)c2)CC1. The van der Waals surface area contributed by atoms with Crippen LogP contribution in [0.3, 0.4) is 0 Å². The molecule has 9 heteroatoms. The highest BCUT2D eigenvalue weighted by Gasteiger charge is 2.25. The Morgan fingerprint density at radius 2 is 1.64 bits per heavy atom.